The van der Waals surface area contributed by atoms with E-state index in [9.17, 15) is 9.18 Å². The summed E-state index contributed by atoms with van der Waals surface area (Å²) >= 11 is 0. The predicted octanol–water partition coefficient (Wildman–Crippen LogP) is 2.72. The number of ether oxygens (including phenoxy) is 1. The fourth-order valence-corrected chi connectivity index (χ4v) is 3.57. The van der Waals surface area contributed by atoms with E-state index in [1.165, 1.54) is 13.0 Å². The minimum absolute atomic E-state index is 0.213. The summed E-state index contributed by atoms with van der Waals surface area (Å²) in [5.74, 6) is -0.463. The molecule has 0 aliphatic rings. The van der Waals surface area contributed by atoms with Crippen molar-refractivity contribution in [2.45, 2.75) is 26.1 Å². The summed E-state index contributed by atoms with van der Waals surface area (Å²) in [6, 6.07) is 7.41. The van der Waals surface area contributed by atoms with E-state index in [4.69, 9.17) is 4.74 Å². The normalized spacial score (nSPS) is 11.2. The van der Waals surface area contributed by atoms with Crippen LogP contribution in [-0.2, 0) is 15.6 Å². The molecule has 4 heteroatoms. The Bertz CT molecular complexity index is 377. The lowest BCUT2D eigenvalue weighted by Gasteiger charge is -2.21. The molecule has 0 aliphatic carbocycles. The minimum Gasteiger partial charge on any atom is -0.470 e. The quantitative estimate of drug-likeness (QED) is 0.597. The fourth-order valence-electron chi connectivity index (χ4n) is 1.55. The van der Waals surface area contributed by atoms with Gasteiger partial charge in [-0.3, -0.25) is 4.79 Å². The van der Waals surface area contributed by atoms with Crippen LogP contribution < -0.4 is 0 Å². The van der Waals surface area contributed by atoms with Gasteiger partial charge in [0.05, 0.1) is 14.3 Å². The van der Waals surface area contributed by atoms with Crippen LogP contribution in [0.5, 0.6) is 0 Å². The predicted molar refractivity (Wildman–Crippen MR) is 64.2 cm³/mol. The molecule has 16 heavy (non-hydrogen) atoms. The Morgan fingerprint density at radius 2 is 2.12 bits per heavy atom. The smallest absolute Gasteiger partial charge is 0.302 e. The average Bonchev–Trinajstić information content (AvgIpc) is 2.14. The molecule has 0 saturated carbocycles. The second-order valence-electron chi connectivity index (χ2n) is 4.75. The van der Waals surface area contributed by atoms with Crippen molar-refractivity contribution in [3.63, 3.8) is 0 Å². The van der Waals surface area contributed by atoms with Crippen molar-refractivity contribution in [1.29, 1.82) is 0 Å². The fraction of sp³-hybridized carbons (Fsp3) is 0.417. The molecule has 0 saturated heterocycles. The molecule has 0 radical (unpaired) electrons. The van der Waals surface area contributed by atoms with E-state index in [1.54, 1.807) is 12.1 Å². The molecule has 0 amide bonds. The van der Waals surface area contributed by atoms with Crippen molar-refractivity contribution < 1.29 is 13.9 Å². The summed E-state index contributed by atoms with van der Waals surface area (Å²) in [7, 11) is -1.64. The Kier molecular flexibility index (Phi) is 4.24. The zero-order chi connectivity index (χ0) is 12.2. The van der Waals surface area contributed by atoms with Gasteiger partial charge in [-0.05, 0) is 23.7 Å². The molecule has 0 unspecified atom stereocenters. The lowest BCUT2D eigenvalue weighted by atomic mass is 10.2. The zero-order valence-electron chi connectivity index (χ0n) is 9.92. The molecular weight excluding hydrogens is 223 g/mol. The molecule has 1 aromatic carbocycles. The number of halogens is 1. The zero-order valence-corrected chi connectivity index (χ0v) is 10.9. The standard InChI is InChI=1S/C12H17FO2Si/c1-10(14)15-9-16(2,3)8-11-5-4-6-12(13)7-11/h4-7H,8-9H2,1-3H3. The highest BCUT2D eigenvalue weighted by Crippen LogP contribution is 2.13. The minimum atomic E-state index is -1.64. The Morgan fingerprint density at radius 1 is 1.44 bits per heavy atom. The van der Waals surface area contributed by atoms with Crippen LogP contribution >= 0.6 is 0 Å². The van der Waals surface area contributed by atoms with Gasteiger partial charge in [-0.15, -0.1) is 0 Å². The van der Waals surface area contributed by atoms with Crippen molar-refractivity contribution in [3.05, 3.63) is 35.6 Å². The molecule has 0 aliphatic heterocycles. The van der Waals surface area contributed by atoms with Crippen molar-refractivity contribution >= 4 is 14.0 Å². The van der Waals surface area contributed by atoms with Crippen molar-refractivity contribution in [1.82, 2.24) is 0 Å². The van der Waals surface area contributed by atoms with E-state index in [2.05, 4.69) is 13.1 Å². The Morgan fingerprint density at radius 3 is 2.69 bits per heavy atom. The molecule has 0 N–H and O–H groups in total. The Balaban J connectivity index is 2.61. The number of benzene rings is 1. The van der Waals surface area contributed by atoms with Gasteiger partial charge < -0.3 is 4.74 Å². The maximum Gasteiger partial charge on any atom is 0.302 e. The first-order chi connectivity index (χ1) is 7.39. The first-order valence-corrected chi connectivity index (χ1v) is 8.68. The highest BCUT2D eigenvalue weighted by Gasteiger charge is 2.23. The molecule has 88 valence electrons. The van der Waals surface area contributed by atoms with Crippen molar-refractivity contribution in [2.24, 2.45) is 0 Å². The molecule has 0 spiro atoms. The molecule has 0 atom stereocenters. The third-order valence-electron chi connectivity index (χ3n) is 2.24. The maximum absolute atomic E-state index is 13.0. The lowest BCUT2D eigenvalue weighted by molar-refractivity contribution is -0.139. The molecular formula is C12H17FO2Si. The summed E-state index contributed by atoms with van der Waals surface area (Å²) in [6.45, 7) is 5.66. The van der Waals surface area contributed by atoms with Crippen molar-refractivity contribution in [2.75, 3.05) is 6.23 Å². The number of esters is 1. The molecule has 2 nitrogen and oxygen atoms in total. The number of hydrogen-bond acceptors (Lipinski definition) is 2. The van der Waals surface area contributed by atoms with Crippen LogP contribution in [0.2, 0.25) is 13.1 Å². The van der Waals surface area contributed by atoms with Crippen LogP contribution in [0.3, 0.4) is 0 Å². The summed E-state index contributed by atoms with van der Waals surface area (Å²) in [6.07, 6.45) is 0.485. The van der Waals surface area contributed by atoms with Crippen LogP contribution in [0.15, 0.2) is 24.3 Å². The third kappa shape index (κ3) is 4.57. The number of rotatable bonds is 4. The van der Waals surface area contributed by atoms with E-state index in [0.29, 0.717) is 6.23 Å². The van der Waals surface area contributed by atoms with E-state index in [1.807, 2.05) is 6.07 Å². The SMILES string of the molecule is CC(=O)OC[Si](C)(C)Cc1cccc(F)c1. The second-order valence-corrected chi connectivity index (χ2v) is 9.72. The van der Waals surface area contributed by atoms with Crippen LogP contribution in [0.1, 0.15) is 12.5 Å². The van der Waals surface area contributed by atoms with Gasteiger partial charge in [-0.25, -0.2) is 4.39 Å². The summed E-state index contributed by atoms with van der Waals surface area (Å²) in [4.78, 5) is 10.7. The molecule has 0 fully saturated rings. The van der Waals surface area contributed by atoms with E-state index < -0.39 is 8.07 Å². The molecule has 0 bridgehead atoms. The van der Waals surface area contributed by atoms with Gasteiger partial charge in [0.2, 0.25) is 0 Å². The lowest BCUT2D eigenvalue weighted by Crippen LogP contribution is -2.36. The van der Waals surface area contributed by atoms with Gasteiger partial charge in [-0.1, -0.05) is 25.2 Å². The van der Waals surface area contributed by atoms with Crippen LogP contribution in [-0.4, -0.2) is 20.3 Å². The molecule has 0 aromatic heterocycles. The van der Waals surface area contributed by atoms with Gasteiger partial charge in [0, 0.05) is 6.92 Å². The largest absolute Gasteiger partial charge is 0.470 e. The van der Waals surface area contributed by atoms with Crippen LogP contribution in [0.4, 0.5) is 4.39 Å². The Hall–Kier alpha value is -1.16. The molecule has 1 aromatic rings. The summed E-state index contributed by atoms with van der Waals surface area (Å²) in [5.41, 5.74) is 0.976. The first kappa shape index (κ1) is 12.9. The van der Waals surface area contributed by atoms with E-state index in [0.717, 1.165) is 11.6 Å². The van der Waals surface area contributed by atoms with Crippen LogP contribution in [0, 0.1) is 5.82 Å². The van der Waals surface area contributed by atoms with Gasteiger partial charge in [-0.2, -0.15) is 0 Å². The highest BCUT2D eigenvalue weighted by atomic mass is 28.3. The van der Waals surface area contributed by atoms with Crippen molar-refractivity contribution in [3.8, 4) is 0 Å². The van der Waals surface area contributed by atoms with Crippen LogP contribution in [0.25, 0.3) is 0 Å². The number of carbonyl (C=O) groups excluding carboxylic acids is 1. The first-order valence-electron chi connectivity index (χ1n) is 5.27. The van der Waals surface area contributed by atoms with Gasteiger partial charge in [0.1, 0.15) is 5.82 Å². The molecule has 1 rings (SSSR count). The molecule has 0 heterocycles. The van der Waals surface area contributed by atoms with Gasteiger partial charge >= 0.3 is 5.97 Å². The highest BCUT2D eigenvalue weighted by molar-refractivity contribution is 6.76. The van der Waals surface area contributed by atoms with Gasteiger partial charge in [0.15, 0.2) is 0 Å². The van der Waals surface area contributed by atoms with E-state index >= 15 is 0 Å². The van der Waals surface area contributed by atoms with Gasteiger partial charge in [0.25, 0.3) is 0 Å². The number of carbonyl (C=O) groups is 1. The topological polar surface area (TPSA) is 26.3 Å². The number of hydrogen-bond donors (Lipinski definition) is 0. The second kappa shape index (κ2) is 5.25. The third-order valence-corrected chi connectivity index (χ3v) is 4.53. The summed E-state index contributed by atoms with van der Waals surface area (Å²) in [5, 5.41) is 0. The Labute approximate surface area is 96.4 Å². The van der Waals surface area contributed by atoms with E-state index in [-0.39, 0.29) is 11.8 Å². The monoisotopic (exact) mass is 240 g/mol. The average molecular weight is 240 g/mol. The summed E-state index contributed by atoms with van der Waals surface area (Å²) < 4.78 is 18.0. The maximum atomic E-state index is 13.0.